The van der Waals surface area contributed by atoms with Gasteiger partial charge < -0.3 is 5.32 Å². The molecule has 0 aromatic heterocycles. The van der Waals surface area contributed by atoms with Gasteiger partial charge in [-0.25, -0.2) is 4.39 Å². The summed E-state index contributed by atoms with van der Waals surface area (Å²) in [6.45, 7) is 0.572. The highest BCUT2D eigenvalue weighted by Crippen LogP contribution is 2.32. The van der Waals surface area contributed by atoms with Crippen molar-refractivity contribution in [3.8, 4) is 0 Å². The van der Waals surface area contributed by atoms with Crippen molar-refractivity contribution in [2.24, 2.45) is 11.8 Å². The lowest BCUT2D eigenvalue weighted by Crippen LogP contribution is -2.31. The molecule has 1 N–H and O–H groups in total. The Morgan fingerprint density at radius 1 is 1.42 bits per heavy atom. The predicted octanol–water partition coefficient (Wildman–Crippen LogP) is 3.97. The fourth-order valence-corrected chi connectivity index (χ4v) is 3.36. The predicted molar refractivity (Wildman–Crippen MR) is 78.0 cm³/mol. The molecule has 0 bridgehead atoms. The van der Waals surface area contributed by atoms with E-state index in [4.69, 9.17) is 11.6 Å². The maximum atomic E-state index is 13.8. The average Bonchev–Trinajstić information content (AvgIpc) is 2.86. The van der Waals surface area contributed by atoms with E-state index in [1.165, 1.54) is 6.07 Å². The second-order valence-electron chi connectivity index (χ2n) is 4.92. The van der Waals surface area contributed by atoms with E-state index >= 15 is 0 Å². The van der Waals surface area contributed by atoms with Crippen LogP contribution in [0, 0.1) is 17.7 Å². The fraction of sp³-hybridized carbons (Fsp3) is 0.500. The topological polar surface area (TPSA) is 29.1 Å². The van der Waals surface area contributed by atoms with E-state index < -0.39 is 5.82 Å². The minimum absolute atomic E-state index is 0.0785. The number of hydrogen-bond acceptors (Lipinski definition) is 1. The molecule has 1 aliphatic rings. The molecule has 104 valence electrons. The summed E-state index contributed by atoms with van der Waals surface area (Å²) < 4.78 is 14.1. The molecular formula is C14H16BrClFNO. The van der Waals surface area contributed by atoms with Crippen LogP contribution in [0.4, 0.5) is 4.39 Å². The zero-order valence-corrected chi connectivity index (χ0v) is 12.8. The zero-order chi connectivity index (χ0) is 13.8. The number of hydrogen-bond donors (Lipinski definition) is 1. The summed E-state index contributed by atoms with van der Waals surface area (Å²) in [5.74, 6) is 0.636. The standard InChI is InChI=1S/C14H16BrClFNO/c15-12-6-2-5-11(13(12)17)14(19)18-8-10-4-1-3-9(10)7-16/h2,5-6,9-10H,1,3-4,7-8H2,(H,18,19). The molecule has 0 saturated heterocycles. The van der Waals surface area contributed by atoms with Crippen molar-refractivity contribution < 1.29 is 9.18 Å². The van der Waals surface area contributed by atoms with Crippen LogP contribution in [0.15, 0.2) is 22.7 Å². The van der Waals surface area contributed by atoms with Gasteiger partial charge in [0.05, 0.1) is 10.0 Å². The van der Waals surface area contributed by atoms with Crippen LogP contribution in [-0.2, 0) is 0 Å². The molecule has 2 atom stereocenters. The third-order valence-corrected chi connectivity index (χ3v) is 4.74. The Morgan fingerprint density at radius 3 is 2.89 bits per heavy atom. The van der Waals surface area contributed by atoms with Crippen LogP contribution in [-0.4, -0.2) is 18.3 Å². The first kappa shape index (κ1) is 14.8. The minimum Gasteiger partial charge on any atom is -0.352 e. The minimum atomic E-state index is -0.514. The first-order chi connectivity index (χ1) is 9.13. The van der Waals surface area contributed by atoms with E-state index in [0.29, 0.717) is 28.7 Å². The number of rotatable bonds is 4. The molecule has 2 nitrogen and oxygen atoms in total. The number of nitrogens with one attached hydrogen (secondary N) is 1. The van der Waals surface area contributed by atoms with Gasteiger partial charge in [-0.05, 0) is 52.7 Å². The molecule has 1 aliphatic carbocycles. The lowest BCUT2D eigenvalue weighted by molar-refractivity contribution is 0.0940. The van der Waals surface area contributed by atoms with Gasteiger partial charge in [0.2, 0.25) is 0 Å². The van der Waals surface area contributed by atoms with Gasteiger partial charge in [0.15, 0.2) is 0 Å². The Hall–Kier alpha value is -0.610. The highest BCUT2D eigenvalue weighted by molar-refractivity contribution is 9.10. The maximum absolute atomic E-state index is 13.8. The first-order valence-electron chi connectivity index (χ1n) is 6.41. The summed E-state index contributed by atoms with van der Waals surface area (Å²) in [7, 11) is 0. The Balaban J connectivity index is 1.96. The van der Waals surface area contributed by atoms with Crippen molar-refractivity contribution in [3.63, 3.8) is 0 Å². The van der Waals surface area contributed by atoms with Crippen molar-refractivity contribution in [3.05, 3.63) is 34.1 Å². The summed E-state index contributed by atoms with van der Waals surface area (Å²) in [4.78, 5) is 12.0. The molecule has 0 spiro atoms. The number of halogens is 3. The second-order valence-corrected chi connectivity index (χ2v) is 6.08. The van der Waals surface area contributed by atoms with Crippen molar-refractivity contribution in [2.45, 2.75) is 19.3 Å². The Bertz CT molecular complexity index is 469. The summed E-state index contributed by atoms with van der Waals surface area (Å²) in [6.07, 6.45) is 3.36. The molecular weight excluding hydrogens is 333 g/mol. The van der Waals surface area contributed by atoms with Crippen LogP contribution >= 0.6 is 27.5 Å². The van der Waals surface area contributed by atoms with Gasteiger partial charge in [-0.2, -0.15) is 0 Å². The van der Waals surface area contributed by atoms with Crippen molar-refractivity contribution >= 4 is 33.4 Å². The summed E-state index contributed by atoms with van der Waals surface area (Å²) >= 11 is 8.98. The molecule has 1 aromatic carbocycles. The third-order valence-electron chi connectivity index (χ3n) is 3.74. The lowest BCUT2D eigenvalue weighted by atomic mass is 9.98. The maximum Gasteiger partial charge on any atom is 0.254 e. The van der Waals surface area contributed by atoms with Gasteiger partial charge in [0.1, 0.15) is 5.82 Å². The highest BCUT2D eigenvalue weighted by atomic mass is 79.9. The molecule has 0 heterocycles. The van der Waals surface area contributed by atoms with E-state index in [1.54, 1.807) is 12.1 Å². The second kappa shape index (κ2) is 6.71. The molecule has 1 fully saturated rings. The molecule has 0 aliphatic heterocycles. The SMILES string of the molecule is O=C(NCC1CCCC1CCl)c1cccc(Br)c1F. The van der Waals surface area contributed by atoms with Crippen molar-refractivity contribution in [1.82, 2.24) is 5.32 Å². The smallest absolute Gasteiger partial charge is 0.254 e. The van der Waals surface area contributed by atoms with Crippen molar-refractivity contribution in [2.75, 3.05) is 12.4 Å². The van der Waals surface area contributed by atoms with E-state index in [0.717, 1.165) is 19.3 Å². The molecule has 1 saturated carbocycles. The molecule has 1 aromatic rings. The summed E-state index contributed by atoms with van der Waals surface area (Å²) in [5, 5.41) is 2.81. The molecule has 2 rings (SSSR count). The number of benzene rings is 1. The van der Waals surface area contributed by atoms with Gasteiger partial charge in [0, 0.05) is 12.4 Å². The quantitative estimate of drug-likeness (QED) is 0.820. The van der Waals surface area contributed by atoms with Crippen LogP contribution < -0.4 is 5.32 Å². The van der Waals surface area contributed by atoms with E-state index in [-0.39, 0.29) is 11.5 Å². The largest absolute Gasteiger partial charge is 0.352 e. The van der Waals surface area contributed by atoms with E-state index in [2.05, 4.69) is 21.2 Å². The number of amides is 1. The molecule has 2 unspecified atom stereocenters. The molecule has 5 heteroatoms. The van der Waals surface area contributed by atoms with Crippen LogP contribution in [0.2, 0.25) is 0 Å². The van der Waals surface area contributed by atoms with Gasteiger partial charge in [-0.3, -0.25) is 4.79 Å². The Morgan fingerprint density at radius 2 is 2.16 bits per heavy atom. The monoisotopic (exact) mass is 347 g/mol. The van der Waals surface area contributed by atoms with Crippen LogP contribution in [0.5, 0.6) is 0 Å². The number of carbonyl (C=O) groups excluding carboxylic acids is 1. The van der Waals surface area contributed by atoms with Gasteiger partial charge >= 0.3 is 0 Å². The Labute approximate surface area is 125 Å². The Kier molecular flexibility index (Phi) is 5.22. The van der Waals surface area contributed by atoms with Crippen LogP contribution in [0.25, 0.3) is 0 Å². The lowest BCUT2D eigenvalue weighted by Gasteiger charge is -2.17. The summed E-state index contributed by atoms with van der Waals surface area (Å²) in [5.41, 5.74) is 0.0785. The normalized spacial score (nSPS) is 22.5. The third kappa shape index (κ3) is 3.48. The zero-order valence-electron chi connectivity index (χ0n) is 10.5. The van der Waals surface area contributed by atoms with Crippen LogP contribution in [0.1, 0.15) is 29.6 Å². The highest BCUT2D eigenvalue weighted by Gasteiger charge is 2.27. The number of alkyl halides is 1. The van der Waals surface area contributed by atoms with E-state index in [1.807, 2.05) is 0 Å². The molecule has 19 heavy (non-hydrogen) atoms. The number of carbonyl (C=O) groups is 1. The average molecular weight is 349 g/mol. The van der Waals surface area contributed by atoms with Gasteiger partial charge in [0.25, 0.3) is 5.91 Å². The molecule has 0 radical (unpaired) electrons. The van der Waals surface area contributed by atoms with Gasteiger partial charge in [-0.1, -0.05) is 12.5 Å². The van der Waals surface area contributed by atoms with Gasteiger partial charge in [-0.15, -0.1) is 11.6 Å². The van der Waals surface area contributed by atoms with Crippen LogP contribution in [0.3, 0.4) is 0 Å². The van der Waals surface area contributed by atoms with Crippen molar-refractivity contribution in [1.29, 1.82) is 0 Å². The fourth-order valence-electron chi connectivity index (χ4n) is 2.58. The van der Waals surface area contributed by atoms with E-state index in [9.17, 15) is 9.18 Å². The first-order valence-corrected chi connectivity index (χ1v) is 7.74. The molecule has 1 amide bonds. The summed E-state index contributed by atoms with van der Waals surface area (Å²) in [6, 6.07) is 4.72.